The van der Waals surface area contributed by atoms with Crippen LogP contribution < -0.4 is 11.1 Å². The Hall–Kier alpha value is -0.860. The van der Waals surface area contributed by atoms with Gasteiger partial charge in [-0.1, -0.05) is 57.5 Å². The summed E-state index contributed by atoms with van der Waals surface area (Å²) in [6.07, 6.45) is 0. The Labute approximate surface area is 112 Å². The first-order valence-electron chi connectivity index (χ1n) is 6.75. The smallest absolute Gasteiger partial charge is 0.00434 e. The monoisotopic (exact) mass is 248 g/mol. The molecule has 0 heterocycles. The molecule has 3 N–H and O–H groups in total. The maximum Gasteiger partial charge on any atom is 0.00434 e. The molecule has 0 aliphatic heterocycles. The Balaban J connectivity index is 2.57. The van der Waals surface area contributed by atoms with Gasteiger partial charge in [0.05, 0.1) is 0 Å². The van der Waals surface area contributed by atoms with Crippen molar-refractivity contribution in [1.29, 1.82) is 0 Å². The molecule has 1 aromatic rings. The number of hydrogen-bond donors (Lipinski definition) is 2. The second-order valence-corrected chi connectivity index (χ2v) is 6.72. The van der Waals surface area contributed by atoms with Crippen LogP contribution in [0.3, 0.4) is 0 Å². The number of nitrogens with one attached hydrogen (secondary N) is 1. The lowest BCUT2D eigenvalue weighted by Crippen LogP contribution is -2.40. The summed E-state index contributed by atoms with van der Waals surface area (Å²) in [7, 11) is 0. The van der Waals surface area contributed by atoms with Crippen LogP contribution in [0.15, 0.2) is 24.3 Å². The fraction of sp³-hybridized carbons (Fsp3) is 0.625. The molecule has 1 rings (SSSR count). The molecule has 0 radical (unpaired) electrons. The van der Waals surface area contributed by atoms with Crippen molar-refractivity contribution in [1.82, 2.24) is 5.32 Å². The van der Waals surface area contributed by atoms with Crippen molar-refractivity contribution in [2.75, 3.05) is 19.6 Å². The van der Waals surface area contributed by atoms with Gasteiger partial charge in [0.15, 0.2) is 0 Å². The molecular weight excluding hydrogens is 220 g/mol. The zero-order chi connectivity index (χ0) is 13.8. The van der Waals surface area contributed by atoms with Crippen LogP contribution in [0.2, 0.25) is 0 Å². The van der Waals surface area contributed by atoms with E-state index in [1.54, 1.807) is 0 Å². The van der Waals surface area contributed by atoms with Gasteiger partial charge in [0, 0.05) is 18.5 Å². The molecule has 0 spiro atoms. The number of rotatable bonds is 6. The number of aryl methyl sites for hydroxylation is 1. The first kappa shape index (κ1) is 15.2. The second-order valence-electron chi connectivity index (χ2n) is 6.72. The summed E-state index contributed by atoms with van der Waals surface area (Å²) in [5.41, 5.74) is 8.76. The summed E-state index contributed by atoms with van der Waals surface area (Å²) in [5.74, 6) is 0. The van der Waals surface area contributed by atoms with Gasteiger partial charge in [-0.05, 0) is 24.4 Å². The van der Waals surface area contributed by atoms with Crippen molar-refractivity contribution in [3.63, 3.8) is 0 Å². The van der Waals surface area contributed by atoms with E-state index < -0.39 is 0 Å². The van der Waals surface area contributed by atoms with Crippen molar-refractivity contribution in [2.24, 2.45) is 11.1 Å². The Kier molecular flexibility index (Phi) is 4.94. The van der Waals surface area contributed by atoms with Crippen LogP contribution >= 0.6 is 0 Å². The van der Waals surface area contributed by atoms with Crippen molar-refractivity contribution >= 4 is 0 Å². The normalized spacial score (nSPS) is 12.8. The molecule has 0 unspecified atom stereocenters. The lowest BCUT2D eigenvalue weighted by Gasteiger charge is -2.29. The fourth-order valence-electron chi connectivity index (χ4n) is 1.89. The van der Waals surface area contributed by atoms with Gasteiger partial charge in [-0.3, -0.25) is 0 Å². The minimum absolute atomic E-state index is 0.151. The second kappa shape index (κ2) is 5.85. The van der Waals surface area contributed by atoms with E-state index in [9.17, 15) is 0 Å². The third-order valence-corrected chi connectivity index (χ3v) is 3.56. The Morgan fingerprint density at radius 2 is 1.56 bits per heavy atom. The van der Waals surface area contributed by atoms with Crippen LogP contribution in [0.4, 0.5) is 0 Å². The molecule has 0 saturated carbocycles. The summed E-state index contributed by atoms with van der Waals surface area (Å²) in [4.78, 5) is 0. The molecule has 0 saturated heterocycles. The van der Waals surface area contributed by atoms with E-state index in [0.29, 0.717) is 6.54 Å². The van der Waals surface area contributed by atoms with Gasteiger partial charge in [0.1, 0.15) is 0 Å². The molecule has 0 atom stereocenters. The molecule has 0 aliphatic carbocycles. The van der Waals surface area contributed by atoms with Crippen LogP contribution in [0.25, 0.3) is 0 Å². The first-order valence-corrected chi connectivity index (χ1v) is 6.75. The maximum absolute atomic E-state index is 5.74. The zero-order valence-electron chi connectivity index (χ0n) is 12.5. The number of nitrogens with two attached hydrogens (primary N) is 1. The first-order chi connectivity index (χ1) is 8.27. The molecule has 102 valence electrons. The van der Waals surface area contributed by atoms with Crippen molar-refractivity contribution in [2.45, 2.75) is 40.0 Å². The van der Waals surface area contributed by atoms with E-state index in [1.165, 1.54) is 11.1 Å². The van der Waals surface area contributed by atoms with Gasteiger partial charge < -0.3 is 11.1 Å². The van der Waals surface area contributed by atoms with Gasteiger partial charge in [-0.15, -0.1) is 0 Å². The summed E-state index contributed by atoms with van der Waals surface area (Å²) in [6, 6.07) is 8.82. The molecule has 2 nitrogen and oxygen atoms in total. The SMILES string of the molecule is Cc1ccc(C(C)(C)CNCC(C)(C)CN)cc1. The standard InChI is InChI=1S/C16H28N2/c1-13-6-8-14(9-7-13)16(4,5)12-18-11-15(2,3)10-17/h6-9,18H,10-12,17H2,1-5H3. The third-order valence-electron chi connectivity index (χ3n) is 3.56. The van der Waals surface area contributed by atoms with Gasteiger partial charge in [0.25, 0.3) is 0 Å². The van der Waals surface area contributed by atoms with Crippen molar-refractivity contribution in [3.8, 4) is 0 Å². The molecule has 0 aliphatic rings. The average Bonchev–Trinajstić information content (AvgIpc) is 2.29. The lowest BCUT2D eigenvalue weighted by molar-refractivity contribution is 0.332. The summed E-state index contributed by atoms with van der Waals surface area (Å²) in [6.45, 7) is 13.7. The summed E-state index contributed by atoms with van der Waals surface area (Å²) >= 11 is 0. The minimum atomic E-state index is 0.151. The van der Waals surface area contributed by atoms with Gasteiger partial charge >= 0.3 is 0 Å². The Morgan fingerprint density at radius 1 is 1.00 bits per heavy atom. The van der Waals surface area contributed by atoms with E-state index in [2.05, 4.69) is 64.2 Å². The van der Waals surface area contributed by atoms with Crippen LogP contribution in [0.5, 0.6) is 0 Å². The lowest BCUT2D eigenvalue weighted by atomic mass is 9.83. The highest BCUT2D eigenvalue weighted by Crippen LogP contribution is 2.23. The van der Waals surface area contributed by atoms with E-state index >= 15 is 0 Å². The molecule has 0 bridgehead atoms. The van der Waals surface area contributed by atoms with Crippen LogP contribution in [0, 0.1) is 12.3 Å². The van der Waals surface area contributed by atoms with Gasteiger partial charge in [-0.2, -0.15) is 0 Å². The van der Waals surface area contributed by atoms with Crippen molar-refractivity contribution < 1.29 is 0 Å². The Morgan fingerprint density at radius 3 is 2.06 bits per heavy atom. The van der Waals surface area contributed by atoms with E-state index in [-0.39, 0.29) is 10.8 Å². The molecule has 0 fully saturated rings. The van der Waals surface area contributed by atoms with Crippen molar-refractivity contribution in [3.05, 3.63) is 35.4 Å². The van der Waals surface area contributed by atoms with E-state index in [0.717, 1.165) is 13.1 Å². The summed E-state index contributed by atoms with van der Waals surface area (Å²) in [5, 5.41) is 3.55. The highest BCUT2D eigenvalue weighted by Gasteiger charge is 2.22. The Bertz CT molecular complexity index is 363. The maximum atomic E-state index is 5.74. The molecule has 18 heavy (non-hydrogen) atoms. The fourth-order valence-corrected chi connectivity index (χ4v) is 1.89. The molecule has 0 aromatic heterocycles. The van der Waals surface area contributed by atoms with Gasteiger partial charge in [-0.25, -0.2) is 0 Å². The van der Waals surface area contributed by atoms with Crippen LogP contribution in [-0.2, 0) is 5.41 Å². The highest BCUT2D eigenvalue weighted by molar-refractivity contribution is 5.27. The molecule has 0 amide bonds. The molecule has 2 heteroatoms. The summed E-state index contributed by atoms with van der Waals surface area (Å²) < 4.78 is 0. The third kappa shape index (κ3) is 4.43. The zero-order valence-corrected chi connectivity index (χ0v) is 12.5. The van der Waals surface area contributed by atoms with Crippen LogP contribution in [0.1, 0.15) is 38.8 Å². The predicted octanol–water partition coefficient (Wildman–Crippen LogP) is 2.85. The van der Waals surface area contributed by atoms with E-state index in [4.69, 9.17) is 5.73 Å². The number of benzene rings is 1. The largest absolute Gasteiger partial charge is 0.330 e. The molecule has 1 aromatic carbocycles. The van der Waals surface area contributed by atoms with Gasteiger partial charge in [0.2, 0.25) is 0 Å². The topological polar surface area (TPSA) is 38.0 Å². The van der Waals surface area contributed by atoms with Crippen LogP contribution in [-0.4, -0.2) is 19.6 Å². The minimum Gasteiger partial charge on any atom is -0.330 e. The highest BCUT2D eigenvalue weighted by atomic mass is 14.9. The predicted molar refractivity (Wildman–Crippen MR) is 79.9 cm³/mol. The molecular formula is C16H28N2. The van der Waals surface area contributed by atoms with E-state index in [1.807, 2.05) is 0 Å². The quantitative estimate of drug-likeness (QED) is 0.812. The number of hydrogen-bond acceptors (Lipinski definition) is 2. The average molecular weight is 248 g/mol.